The maximum atomic E-state index is 12.7. The van der Waals surface area contributed by atoms with Gasteiger partial charge in [0.1, 0.15) is 22.3 Å². The molecule has 3 aromatic carbocycles. The number of benzene rings is 3. The molecule has 0 bridgehead atoms. The van der Waals surface area contributed by atoms with Gasteiger partial charge in [-0.1, -0.05) is 47.1 Å². The van der Waals surface area contributed by atoms with E-state index in [0.29, 0.717) is 101 Å². The van der Waals surface area contributed by atoms with Crippen molar-refractivity contribution in [2.45, 2.75) is 19.1 Å². The molecule has 0 fully saturated rings. The molecule has 2 aliphatic rings. The van der Waals surface area contributed by atoms with E-state index in [1.807, 2.05) is 72.8 Å². The molecule has 0 aliphatic carbocycles. The van der Waals surface area contributed by atoms with Gasteiger partial charge in [0, 0.05) is 52.1 Å². The third-order valence-corrected chi connectivity index (χ3v) is 13.3. The molecule has 0 spiro atoms. The van der Waals surface area contributed by atoms with Crippen molar-refractivity contribution in [3.63, 3.8) is 0 Å². The minimum absolute atomic E-state index is 0.228. The lowest BCUT2D eigenvalue weighted by Gasteiger charge is -2.32. The first kappa shape index (κ1) is 44.0. The minimum Gasteiger partial charge on any atom is -0.495 e. The Bertz CT molecular complexity index is 4810. The lowest BCUT2D eigenvalue weighted by Crippen LogP contribution is -2.25. The second kappa shape index (κ2) is 17.0. The zero-order valence-electron chi connectivity index (χ0n) is 39.2. The summed E-state index contributed by atoms with van der Waals surface area (Å²) in [6.07, 6.45) is 6.36. The van der Waals surface area contributed by atoms with Crippen LogP contribution in [0.5, 0.6) is 17.2 Å². The molecule has 2 unspecified atom stereocenters. The number of H-pyrrole nitrogens is 6. The second-order valence-corrected chi connectivity index (χ2v) is 17.8. The van der Waals surface area contributed by atoms with E-state index in [1.54, 1.807) is 59.0 Å². The molecule has 0 saturated carbocycles. The molecular formula is C50H33ClN18O7. The van der Waals surface area contributed by atoms with Gasteiger partial charge in [-0.25, -0.2) is 14.4 Å². The Balaban J connectivity index is 0.000000105. The maximum Gasteiger partial charge on any atom is 0.332 e. The zero-order chi connectivity index (χ0) is 51.3. The van der Waals surface area contributed by atoms with E-state index >= 15 is 0 Å². The van der Waals surface area contributed by atoms with Gasteiger partial charge in [0.2, 0.25) is 6.10 Å². The largest absolute Gasteiger partial charge is 0.495 e. The van der Waals surface area contributed by atoms with Crippen molar-refractivity contribution in [1.29, 1.82) is 0 Å². The Labute approximate surface area is 426 Å². The third-order valence-electron chi connectivity index (χ3n) is 13.0. The number of para-hydroxylation sites is 2. The van der Waals surface area contributed by atoms with Gasteiger partial charge in [-0.2, -0.15) is 4.98 Å². The summed E-state index contributed by atoms with van der Waals surface area (Å²) < 4.78 is 27.0. The fraction of sp³-hybridized carbons (Fsp3) is 0.0800. The monoisotopic (exact) mass is 1030 g/mol. The Morgan fingerprint density at radius 1 is 0.579 bits per heavy atom. The predicted molar refractivity (Wildman–Crippen MR) is 274 cm³/mol. The van der Waals surface area contributed by atoms with E-state index < -0.39 is 6.10 Å². The molecule has 11 aromatic heterocycles. The molecule has 25 nitrogen and oxygen atoms in total. The van der Waals surface area contributed by atoms with Crippen LogP contribution in [0.2, 0.25) is 5.02 Å². The molecule has 16 rings (SSSR count). The van der Waals surface area contributed by atoms with Crippen LogP contribution in [-0.2, 0) is 0 Å². The Kier molecular flexibility index (Phi) is 9.82. The van der Waals surface area contributed by atoms with Gasteiger partial charge < -0.3 is 33.7 Å². The predicted octanol–water partition coefficient (Wildman–Crippen LogP) is 6.48. The van der Waals surface area contributed by atoms with Gasteiger partial charge in [-0.3, -0.25) is 33.6 Å². The average molecular weight is 1030 g/mol. The number of halogens is 1. The number of aryl methyl sites for hydroxylation is 1. The number of rotatable bonds is 6. The molecule has 26 heteroatoms. The van der Waals surface area contributed by atoms with Crippen molar-refractivity contribution < 1.29 is 18.7 Å². The van der Waals surface area contributed by atoms with Crippen LogP contribution in [0.1, 0.15) is 40.7 Å². The average Bonchev–Trinajstić information content (AvgIpc) is 4.29. The first-order valence-corrected chi connectivity index (χ1v) is 23.6. The van der Waals surface area contributed by atoms with Crippen LogP contribution in [0.4, 0.5) is 0 Å². The number of pyridine rings is 1. The number of nitrogens with one attached hydrogen (secondary N) is 6. The highest BCUT2D eigenvalue weighted by Crippen LogP contribution is 2.48. The Morgan fingerprint density at radius 2 is 1.09 bits per heavy atom. The number of aromatic amines is 6. The fourth-order valence-corrected chi connectivity index (χ4v) is 9.89. The molecular weight excluding hydrogens is 1000 g/mol. The van der Waals surface area contributed by atoms with E-state index in [1.165, 1.54) is 11.7 Å². The minimum atomic E-state index is -0.436. The standard InChI is InChI=1S/C19H12N6O2.C17H11N7O3.C14H10ClN5O2/c26-19-22-18-14(10-7-9-21-17(10)23-24-18)25(19)13-6-3-4-11-15(27-16(11)13)12-5-1-2-8-20-12;1-7-19-16(27-23-7)13-9-3-2-4-10(12(9)26-13)24-11-8-5-6-18-14(8)21-22-15(11)20-17(24)25;1-22-10-3-2-7(6-9(10)15)20-11-8-4-5-16-12(8)18-19-13(11)17-14(20)21/h1-9,15H,(H,21,23)(H,22,24,26);2-6,13H,1H3,(H,18,21)(H,20,22,25);2-6H,1H3,(H,16,18)(H,17,19,21). The number of methoxy groups -OCH3 is 1. The maximum absolute atomic E-state index is 12.7. The zero-order valence-corrected chi connectivity index (χ0v) is 40.0. The van der Waals surface area contributed by atoms with Crippen LogP contribution < -0.4 is 31.3 Å². The van der Waals surface area contributed by atoms with Crippen molar-refractivity contribution in [2.75, 3.05) is 7.11 Å². The Hall–Kier alpha value is -10.7. The van der Waals surface area contributed by atoms with Crippen molar-refractivity contribution in [1.82, 2.24) is 89.3 Å². The van der Waals surface area contributed by atoms with E-state index in [2.05, 4.69) is 75.6 Å². The van der Waals surface area contributed by atoms with Crippen LogP contribution in [0, 0.1) is 6.92 Å². The summed E-state index contributed by atoms with van der Waals surface area (Å²) in [6.45, 7) is 1.75. The van der Waals surface area contributed by atoms with Crippen molar-refractivity contribution in [2.24, 2.45) is 0 Å². The summed E-state index contributed by atoms with van der Waals surface area (Å²) in [7, 11) is 1.54. The van der Waals surface area contributed by atoms with Gasteiger partial charge in [-0.05, 0) is 67.6 Å². The number of hydrogen-bond acceptors (Lipinski definition) is 16. The summed E-state index contributed by atoms with van der Waals surface area (Å²) in [5.74, 6) is 2.75. The normalized spacial score (nSPS) is 14.4. The molecule has 76 heavy (non-hydrogen) atoms. The highest BCUT2D eigenvalue weighted by atomic mass is 35.5. The SMILES string of the molecule is COc1ccc(-n2c(=O)[nH]c3nnc4[nH]ccc4c32)cc1Cl.Cc1noc(C2Oc3c2cccc3-n2c(=O)[nH]c3nnc4[nH]ccc4c32)n1.O=c1[nH]c2nnc3[nH]ccc3c2n1-c1cccc2c1OC2c1ccccn1. The number of aromatic nitrogens is 18. The van der Waals surface area contributed by atoms with Crippen LogP contribution in [-0.4, -0.2) is 96.4 Å². The summed E-state index contributed by atoms with van der Waals surface area (Å²) >= 11 is 6.16. The van der Waals surface area contributed by atoms with E-state index in [9.17, 15) is 14.4 Å². The molecule has 13 heterocycles. The lowest BCUT2D eigenvalue weighted by atomic mass is 9.98. The van der Waals surface area contributed by atoms with Crippen LogP contribution >= 0.6 is 11.6 Å². The van der Waals surface area contributed by atoms with Crippen molar-refractivity contribution in [3.8, 4) is 34.3 Å². The number of ether oxygens (including phenoxy) is 3. The first-order chi connectivity index (χ1) is 37.2. The Morgan fingerprint density at radius 3 is 1.59 bits per heavy atom. The summed E-state index contributed by atoms with van der Waals surface area (Å²) in [4.78, 5) is 63.5. The third kappa shape index (κ3) is 6.79. The molecule has 2 atom stereocenters. The summed E-state index contributed by atoms with van der Waals surface area (Å²) in [6, 6.07) is 27.8. The summed E-state index contributed by atoms with van der Waals surface area (Å²) in [5.41, 5.74) is 8.78. The second-order valence-electron chi connectivity index (χ2n) is 17.3. The van der Waals surface area contributed by atoms with E-state index in [0.717, 1.165) is 33.0 Å². The van der Waals surface area contributed by atoms with Crippen molar-refractivity contribution in [3.05, 3.63) is 181 Å². The van der Waals surface area contributed by atoms with Crippen molar-refractivity contribution >= 4 is 78.2 Å². The van der Waals surface area contributed by atoms with Crippen LogP contribution in [0.15, 0.2) is 135 Å². The first-order valence-electron chi connectivity index (χ1n) is 23.2. The number of hydrogen-bond donors (Lipinski definition) is 6. The summed E-state index contributed by atoms with van der Waals surface area (Å²) in [5, 5.41) is 31.1. The molecule has 0 amide bonds. The number of imidazole rings is 3. The van der Waals surface area contributed by atoms with Crippen LogP contribution in [0.3, 0.4) is 0 Å². The molecule has 14 aromatic rings. The molecule has 372 valence electrons. The van der Waals surface area contributed by atoms with Gasteiger partial charge in [0.05, 0.1) is 34.9 Å². The number of fused-ring (bicyclic) bond motifs is 11. The van der Waals surface area contributed by atoms with Gasteiger partial charge in [0.15, 0.2) is 57.3 Å². The number of nitrogens with zero attached hydrogens (tertiary/aromatic N) is 12. The molecule has 0 saturated heterocycles. The highest BCUT2D eigenvalue weighted by Gasteiger charge is 2.38. The molecule has 2 aliphatic heterocycles. The highest BCUT2D eigenvalue weighted by molar-refractivity contribution is 6.32. The van der Waals surface area contributed by atoms with E-state index in [-0.39, 0.29) is 23.2 Å². The van der Waals surface area contributed by atoms with E-state index in [4.69, 9.17) is 30.3 Å². The smallest absolute Gasteiger partial charge is 0.332 e. The lowest BCUT2D eigenvalue weighted by molar-refractivity contribution is 0.143. The van der Waals surface area contributed by atoms with Gasteiger partial charge in [-0.15, -0.1) is 30.6 Å². The van der Waals surface area contributed by atoms with Gasteiger partial charge in [0.25, 0.3) is 5.89 Å². The molecule has 0 radical (unpaired) electrons. The topological polar surface area (TPSA) is 318 Å². The van der Waals surface area contributed by atoms with Crippen LogP contribution in [0.25, 0.3) is 83.7 Å². The quantitative estimate of drug-likeness (QED) is 0.104. The molecule has 6 N–H and O–H groups in total. The fourth-order valence-electron chi connectivity index (χ4n) is 9.64. The van der Waals surface area contributed by atoms with Gasteiger partial charge >= 0.3 is 17.1 Å².